The molecule has 0 aliphatic rings. The van der Waals surface area contributed by atoms with Crippen LogP contribution in [0.1, 0.15) is 18.7 Å². The van der Waals surface area contributed by atoms with E-state index < -0.39 is 0 Å². The molecule has 0 aliphatic heterocycles. The van der Waals surface area contributed by atoms with Gasteiger partial charge in [-0.2, -0.15) is 5.10 Å². The van der Waals surface area contributed by atoms with Crippen LogP contribution in [0.25, 0.3) is 0 Å². The third-order valence-electron chi connectivity index (χ3n) is 1.93. The Morgan fingerprint density at radius 2 is 2.46 bits per heavy atom. The summed E-state index contributed by atoms with van der Waals surface area (Å²) in [6.45, 7) is 3.40. The highest BCUT2D eigenvalue weighted by Gasteiger charge is 2.11. The first kappa shape index (κ1) is 10.2. The van der Waals surface area contributed by atoms with Crippen molar-refractivity contribution >= 4 is 0 Å². The van der Waals surface area contributed by atoms with Crippen LogP contribution < -0.4 is 5.32 Å². The van der Waals surface area contributed by atoms with Gasteiger partial charge in [0.2, 0.25) is 0 Å². The van der Waals surface area contributed by atoms with Gasteiger partial charge >= 0.3 is 0 Å². The van der Waals surface area contributed by atoms with E-state index in [1.165, 1.54) is 0 Å². The van der Waals surface area contributed by atoms with E-state index in [4.69, 9.17) is 4.74 Å². The lowest BCUT2D eigenvalue weighted by atomic mass is 10.2. The smallest absolute Gasteiger partial charge is 0.0817 e. The van der Waals surface area contributed by atoms with Gasteiger partial charge in [0, 0.05) is 19.9 Å². The van der Waals surface area contributed by atoms with Gasteiger partial charge in [-0.05, 0) is 20.0 Å². The van der Waals surface area contributed by atoms with Crippen molar-refractivity contribution in [3.63, 3.8) is 0 Å². The molecule has 4 nitrogen and oxygen atoms in total. The Labute approximate surface area is 78.9 Å². The molecule has 1 atom stereocenters. The van der Waals surface area contributed by atoms with Crippen molar-refractivity contribution in [3.8, 4) is 0 Å². The van der Waals surface area contributed by atoms with Crippen LogP contribution in [-0.4, -0.2) is 30.0 Å². The first-order chi connectivity index (χ1) is 6.27. The van der Waals surface area contributed by atoms with Gasteiger partial charge in [0.05, 0.1) is 18.3 Å². The highest BCUT2D eigenvalue weighted by Crippen LogP contribution is 2.09. The molecule has 4 heteroatoms. The van der Waals surface area contributed by atoms with E-state index in [1.807, 2.05) is 33.3 Å². The maximum atomic E-state index is 5.34. The van der Waals surface area contributed by atoms with Crippen molar-refractivity contribution in [2.75, 3.05) is 20.3 Å². The predicted octanol–water partition coefficient (Wildman–Crippen LogP) is 0.717. The number of likely N-dealkylation sites (N-methyl/N-ethyl adjacent to an activating group) is 1. The zero-order valence-corrected chi connectivity index (χ0v) is 8.45. The normalized spacial score (nSPS) is 13.2. The number of rotatable bonds is 5. The van der Waals surface area contributed by atoms with Gasteiger partial charge in [-0.1, -0.05) is 0 Å². The third-order valence-corrected chi connectivity index (χ3v) is 1.93. The van der Waals surface area contributed by atoms with Crippen LogP contribution in [0, 0.1) is 0 Å². The van der Waals surface area contributed by atoms with Crippen molar-refractivity contribution in [2.24, 2.45) is 7.05 Å². The van der Waals surface area contributed by atoms with E-state index in [1.54, 1.807) is 4.68 Å². The van der Waals surface area contributed by atoms with Gasteiger partial charge in [-0.25, -0.2) is 0 Å². The molecule has 0 spiro atoms. The van der Waals surface area contributed by atoms with E-state index in [9.17, 15) is 0 Å². The molecule has 1 rings (SSSR count). The predicted molar refractivity (Wildman–Crippen MR) is 51.5 cm³/mol. The topological polar surface area (TPSA) is 39.1 Å². The summed E-state index contributed by atoms with van der Waals surface area (Å²) in [5.74, 6) is 0. The Bertz CT molecular complexity index is 247. The molecule has 0 radical (unpaired) electrons. The fourth-order valence-corrected chi connectivity index (χ4v) is 1.17. The maximum Gasteiger partial charge on any atom is 0.0817 e. The largest absolute Gasteiger partial charge is 0.380 e. The second-order valence-electron chi connectivity index (χ2n) is 2.91. The molecule has 0 saturated carbocycles. The average Bonchev–Trinajstić information content (AvgIpc) is 2.54. The fourth-order valence-electron chi connectivity index (χ4n) is 1.17. The van der Waals surface area contributed by atoms with E-state index in [0.717, 1.165) is 12.3 Å². The molecule has 1 aromatic heterocycles. The molecule has 0 amide bonds. The zero-order valence-electron chi connectivity index (χ0n) is 8.45. The van der Waals surface area contributed by atoms with Gasteiger partial charge in [-0.3, -0.25) is 4.68 Å². The molecule has 1 aromatic rings. The summed E-state index contributed by atoms with van der Waals surface area (Å²) in [4.78, 5) is 0. The van der Waals surface area contributed by atoms with Gasteiger partial charge in [0.25, 0.3) is 0 Å². The van der Waals surface area contributed by atoms with E-state index in [-0.39, 0.29) is 6.04 Å². The Morgan fingerprint density at radius 1 is 1.69 bits per heavy atom. The van der Waals surface area contributed by atoms with Crippen molar-refractivity contribution in [1.82, 2.24) is 15.1 Å². The summed E-state index contributed by atoms with van der Waals surface area (Å²) in [5.41, 5.74) is 1.03. The van der Waals surface area contributed by atoms with Gasteiger partial charge in [0.15, 0.2) is 0 Å². The molecule has 0 bridgehead atoms. The lowest BCUT2D eigenvalue weighted by Crippen LogP contribution is -2.22. The fraction of sp³-hybridized carbons (Fsp3) is 0.667. The number of nitrogens with zero attached hydrogens (tertiary/aromatic N) is 2. The minimum atomic E-state index is 0.196. The molecule has 0 aliphatic carbocycles. The average molecular weight is 183 g/mol. The van der Waals surface area contributed by atoms with Crippen LogP contribution in [0.15, 0.2) is 12.3 Å². The van der Waals surface area contributed by atoms with E-state index in [0.29, 0.717) is 6.61 Å². The molecule has 1 unspecified atom stereocenters. The Morgan fingerprint density at radius 3 is 2.92 bits per heavy atom. The van der Waals surface area contributed by atoms with Crippen LogP contribution in [0.4, 0.5) is 0 Å². The van der Waals surface area contributed by atoms with E-state index >= 15 is 0 Å². The summed E-state index contributed by atoms with van der Waals surface area (Å²) < 4.78 is 7.14. The van der Waals surface area contributed by atoms with Crippen LogP contribution in [-0.2, 0) is 11.8 Å². The van der Waals surface area contributed by atoms with E-state index in [2.05, 4.69) is 10.4 Å². The molecule has 0 aromatic carbocycles. The highest BCUT2D eigenvalue weighted by atomic mass is 16.5. The lowest BCUT2D eigenvalue weighted by molar-refractivity contribution is 0.124. The summed E-state index contributed by atoms with van der Waals surface area (Å²) in [7, 11) is 3.83. The van der Waals surface area contributed by atoms with Crippen LogP contribution in [0.2, 0.25) is 0 Å². The molecule has 1 N–H and O–H groups in total. The number of aromatic nitrogens is 2. The summed E-state index contributed by atoms with van der Waals surface area (Å²) in [6.07, 6.45) is 1.94. The van der Waals surface area contributed by atoms with Crippen LogP contribution in [0.5, 0.6) is 0 Å². The number of hydrogen-bond donors (Lipinski definition) is 1. The van der Waals surface area contributed by atoms with Gasteiger partial charge in [-0.15, -0.1) is 0 Å². The molecule has 74 valence electrons. The first-order valence-corrected chi connectivity index (χ1v) is 4.52. The molecular formula is C9H17N3O. The Hall–Kier alpha value is -0.870. The summed E-state index contributed by atoms with van der Waals surface area (Å²) >= 11 is 0. The van der Waals surface area contributed by atoms with Crippen molar-refractivity contribution in [2.45, 2.75) is 13.0 Å². The van der Waals surface area contributed by atoms with Crippen LogP contribution >= 0.6 is 0 Å². The number of hydrogen-bond acceptors (Lipinski definition) is 3. The molecule has 1 heterocycles. The molecular weight excluding hydrogens is 166 g/mol. The number of nitrogens with one attached hydrogen (secondary N) is 1. The van der Waals surface area contributed by atoms with Crippen LogP contribution in [0.3, 0.4) is 0 Å². The maximum absolute atomic E-state index is 5.34. The minimum absolute atomic E-state index is 0.196. The summed E-state index contributed by atoms with van der Waals surface area (Å²) in [6, 6.07) is 2.20. The highest BCUT2D eigenvalue weighted by molar-refractivity contribution is 5.05. The zero-order chi connectivity index (χ0) is 9.68. The lowest BCUT2D eigenvalue weighted by Gasteiger charge is -2.12. The van der Waals surface area contributed by atoms with Crippen molar-refractivity contribution in [1.29, 1.82) is 0 Å². The molecule has 0 fully saturated rings. The monoisotopic (exact) mass is 183 g/mol. The SMILES string of the molecule is CCOCC(NC)c1ccn(C)n1. The second-order valence-corrected chi connectivity index (χ2v) is 2.91. The Balaban J connectivity index is 2.56. The summed E-state index contributed by atoms with van der Waals surface area (Å²) in [5, 5.41) is 7.47. The second kappa shape index (κ2) is 4.99. The number of aryl methyl sites for hydroxylation is 1. The third kappa shape index (κ3) is 2.82. The molecule has 13 heavy (non-hydrogen) atoms. The van der Waals surface area contributed by atoms with Gasteiger partial charge < -0.3 is 10.1 Å². The quantitative estimate of drug-likeness (QED) is 0.731. The van der Waals surface area contributed by atoms with Crippen molar-refractivity contribution in [3.05, 3.63) is 18.0 Å². The van der Waals surface area contributed by atoms with Crippen molar-refractivity contribution < 1.29 is 4.74 Å². The minimum Gasteiger partial charge on any atom is -0.380 e. The Kier molecular flexibility index (Phi) is 3.92. The first-order valence-electron chi connectivity index (χ1n) is 4.52. The van der Waals surface area contributed by atoms with Gasteiger partial charge in [0.1, 0.15) is 0 Å². The number of ether oxygens (including phenoxy) is 1. The standard InChI is InChI=1S/C9H17N3O/c1-4-13-7-9(10-2)8-5-6-12(3)11-8/h5-6,9-10H,4,7H2,1-3H3. The molecule has 0 saturated heterocycles.